The quantitative estimate of drug-likeness (QED) is 0.779. The van der Waals surface area contributed by atoms with E-state index in [1.165, 1.54) is 0 Å². The second kappa shape index (κ2) is 8.79. The predicted molar refractivity (Wildman–Crippen MR) is 89.1 cm³/mol. The highest BCUT2D eigenvalue weighted by Crippen LogP contribution is 2.10. The fraction of sp³-hybridized carbons (Fsp3) is 0.500. The Kier molecular flexibility index (Phi) is 7.38. The SMILES string of the molecule is CCC[C@H](NC(=O)OC(C)(C)C)C(=O)N[S+]([O-])c1ccccc1. The molecular weight excluding hydrogens is 316 g/mol. The number of carbonyl (C=O) groups is 2. The van der Waals surface area contributed by atoms with Crippen LogP contribution in [0.25, 0.3) is 0 Å². The molecule has 0 fully saturated rings. The molecule has 128 valence electrons. The monoisotopic (exact) mass is 340 g/mol. The first kappa shape index (κ1) is 19.3. The summed E-state index contributed by atoms with van der Waals surface area (Å²) in [5.74, 6) is -0.500. The molecule has 1 rings (SSSR count). The second-order valence-electron chi connectivity index (χ2n) is 6.04. The lowest BCUT2D eigenvalue weighted by Crippen LogP contribution is -2.49. The van der Waals surface area contributed by atoms with E-state index >= 15 is 0 Å². The van der Waals surface area contributed by atoms with Gasteiger partial charge in [-0.05, 0) is 39.3 Å². The van der Waals surface area contributed by atoms with Crippen molar-refractivity contribution in [2.75, 3.05) is 0 Å². The lowest BCUT2D eigenvalue weighted by atomic mass is 10.1. The highest BCUT2D eigenvalue weighted by Gasteiger charge is 2.27. The molecule has 1 aromatic carbocycles. The summed E-state index contributed by atoms with van der Waals surface area (Å²) in [6.45, 7) is 7.12. The minimum atomic E-state index is -1.66. The van der Waals surface area contributed by atoms with Gasteiger partial charge >= 0.3 is 6.09 Å². The zero-order chi connectivity index (χ0) is 17.5. The van der Waals surface area contributed by atoms with Crippen molar-refractivity contribution < 1.29 is 18.9 Å². The molecule has 6 nitrogen and oxygen atoms in total. The fourth-order valence-corrected chi connectivity index (χ4v) is 2.62. The first-order valence-corrected chi connectivity index (χ1v) is 8.64. The summed E-state index contributed by atoms with van der Waals surface area (Å²) in [7, 11) is 0. The van der Waals surface area contributed by atoms with Gasteiger partial charge in [0.15, 0.2) is 4.90 Å². The van der Waals surface area contributed by atoms with Gasteiger partial charge in [0.25, 0.3) is 5.91 Å². The molecule has 1 aromatic rings. The number of hydrogen-bond acceptors (Lipinski definition) is 4. The van der Waals surface area contributed by atoms with Gasteiger partial charge in [-0.3, -0.25) is 4.79 Å². The van der Waals surface area contributed by atoms with Gasteiger partial charge in [0, 0.05) is 0 Å². The van der Waals surface area contributed by atoms with Crippen molar-refractivity contribution in [1.82, 2.24) is 10.0 Å². The average molecular weight is 340 g/mol. The van der Waals surface area contributed by atoms with Gasteiger partial charge in [-0.1, -0.05) is 31.5 Å². The lowest BCUT2D eigenvalue weighted by molar-refractivity contribution is -0.121. The summed E-state index contributed by atoms with van der Waals surface area (Å²) in [4.78, 5) is 24.6. The molecule has 0 aliphatic carbocycles. The highest BCUT2D eigenvalue weighted by atomic mass is 32.2. The lowest BCUT2D eigenvalue weighted by Gasteiger charge is -2.23. The maximum Gasteiger partial charge on any atom is 0.408 e. The average Bonchev–Trinajstić information content (AvgIpc) is 2.45. The van der Waals surface area contributed by atoms with Crippen LogP contribution in [0.5, 0.6) is 0 Å². The van der Waals surface area contributed by atoms with E-state index in [1.54, 1.807) is 51.1 Å². The van der Waals surface area contributed by atoms with Crippen LogP contribution in [0.15, 0.2) is 35.2 Å². The zero-order valence-corrected chi connectivity index (χ0v) is 14.7. The third-order valence-corrected chi connectivity index (χ3v) is 3.82. The maximum atomic E-state index is 12.2. The second-order valence-corrected chi connectivity index (χ2v) is 7.25. The van der Waals surface area contributed by atoms with Crippen molar-refractivity contribution in [2.45, 2.75) is 57.1 Å². The van der Waals surface area contributed by atoms with Crippen molar-refractivity contribution in [3.63, 3.8) is 0 Å². The molecule has 2 N–H and O–H groups in total. The molecule has 0 aliphatic heterocycles. The van der Waals surface area contributed by atoms with Crippen molar-refractivity contribution in [3.05, 3.63) is 30.3 Å². The third kappa shape index (κ3) is 7.38. The summed E-state index contributed by atoms with van der Waals surface area (Å²) >= 11 is -1.66. The fourth-order valence-electron chi connectivity index (χ4n) is 1.77. The molecule has 2 atom stereocenters. The van der Waals surface area contributed by atoms with E-state index in [0.29, 0.717) is 17.7 Å². The number of nitrogens with one attached hydrogen (secondary N) is 2. The molecule has 1 unspecified atom stereocenters. The molecule has 0 spiro atoms. The third-order valence-electron chi connectivity index (χ3n) is 2.74. The minimum absolute atomic E-state index is 0.428. The number of carbonyl (C=O) groups excluding carboxylic acids is 2. The Labute approximate surface area is 140 Å². The zero-order valence-electron chi connectivity index (χ0n) is 13.9. The number of ether oxygens (including phenoxy) is 1. The first-order chi connectivity index (χ1) is 10.7. The summed E-state index contributed by atoms with van der Waals surface area (Å²) in [5.41, 5.74) is -0.649. The van der Waals surface area contributed by atoms with E-state index in [0.717, 1.165) is 0 Å². The molecule has 23 heavy (non-hydrogen) atoms. The molecule has 7 heteroatoms. The maximum absolute atomic E-state index is 12.2. The Morgan fingerprint density at radius 2 is 1.87 bits per heavy atom. The van der Waals surface area contributed by atoms with Crippen LogP contribution in [0.3, 0.4) is 0 Å². The first-order valence-electron chi connectivity index (χ1n) is 7.49. The molecule has 0 radical (unpaired) electrons. The smallest absolute Gasteiger partial charge is 0.408 e. The Bertz CT molecular complexity index is 517. The van der Waals surface area contributed by atoms with Crippen molar-refractivity contribution in [2.24, 2.45) is 0 Å². The van der Waals surface area contributed by atoms with E-state index in [1.807, 2.05) is 6.92 Å². The number of hydrogen-bond donors (Lipinski definition) is 2. The standard InChI is InChI=1S/C16H24N2O4S/c1-5-9-13(17-15(20)22-16(2,3)4)14(19)18-23(21)12-10-7-6-8-11-12/h6-8,10-11,13H,5,9H2,1-4H3,(H,17,20)(H,18,19)/t13-,23?/m0/s1. The summed E-state index contributed by atoms with van der Waals surface area (Å²) < 4.78 is 19.7. The van der Waals surface area contributed by atoms with Gasteiger partial charge in [0.05, 0.1) is 0 Å². The molecular formula is C16H24N2O4S. The van der Waals surface area contributed by atoms with E-state index in [4.69, 9.17) is 4.74 Å². The number of amides is 2. The van der Waals surface area contributed by atoms with Crippen LogP contribution in [-0.2, 0) is 20.9 Å². The van der Waals surface area contributed by atoms with Crippen molar-refractivity contribution >= 4 is 23.4 Å². The van der Waals surface area contributed by atoms with Crippen LogP contribution in [0.1, 0.15) is 40.5 Å². The van der Waals surface area contributed by atoms with Gasteiger partial charge in [-0.15, -0.1) is 0 Å². The van der Waals surface area contributed by atoms with Crippen LogP contribution < -0.4 is 10.0 Å². The van der Waals surface area contributed by atoms with Gasteiger partial charge in [0.2, 0.25) is 0 Å². The van der Waals surface area contributed by atoms with E-state index in [9.17, 15) is 14.1 Å². The molecule has 0 bridgehead atoms. The van der Waals surface area contributed by atoms with E-state index in [2.05, 4.69) is 10.0 Å². The highest BCUT2D eigenvalue weighted by molar-refractivity contribution is 7.90. The van der Waals surface area contributed by atoms with Gasteiger partial charge < -0.3 is 14.6 Å². The largest absolute Gasteiger partial charge is 0.588 e. The normalized spacial score (nSPS) is 13.8. The number of benzene rings is 1. The molecule has 0 aromatic heterocycles. The summed E-state index contributed by atoms with van der Waals surface area (Å²) in [5, 5.41) is 2.52. The molecule has 0 saturated heterocycles. The Morgan fingerprint density at radius 3 is 2.39 bits per heavy atom. The Hall–Kier alpha value is -1.73. The van der Waals surface area contributed by atoms with Crippen LogP contribution in [0, 0.1) is 0 Å². The van der Waals surface area contributed by atoms with Gasteiger partial charge in [-0.25, -0.2) is 4.79 Å². The minimum Gasteiger partial charge on any atom is -0.588 e. The molecule has 0 saturated carbocycles. The van der Waals surface area contributed by atoms with Crippen LogP contribution in [0.2, 0.25) is 0 Å². The van der Waals surface area contributed by atoms with Crippen LogP contribution in [-0.4, -0.2) is 28.2 Å². The summed E-state index contributed by atoms with van der Waals surface area (Å²) in [6.07, 6.45) is 0.444. The van der Waals surface area contributed by atoms with Gasteiger partial charge in [-0.2, -0.15) is 4.72 Å². The van der Waals surface area contributed by atoms with Crippen LogP contribution in [0.4, 0.5) is 4.79 Å². The van der Waals surface area contributed by atoms with Gasteiger partial charge in [0.1, 0.15) is 23.0 Å². The molecule has 2 amide bonds. The summed E-state index contributed by atoms with van der Waals surface area (Å²) in [6, 6.07) is 7.80. The van der Waals surface area contributed by atoms with E-state index < -0.39 is 35.0 Å². The topological polar surface area (TPSA) is 90.5 Å². The Morgan fingerprint density at radius 1 is 1.26 bits per heavy atom. The van der Waals surface area contributed by atoms with Crippen molar-refractivity contribution in [3.8, 4) is 0 Å². The molecule has 0 aliphatic rings. The molecule has 0 heterocycles. The number of rotatable bonds is 6. The number of alkyl carbamates (subject to hydrolysis) is 1. The van der Waals surface area contributed by atoms with Crippen LogP contribution >= 0.6 is 0 Å². The Balaban J connectivity index is 2.65. The van der Waals surface area contributed by atoms with Crippen molar-refractivity contribution in [1.29, 1.82) is 0 Å². The predicted octanol–water partition coefficient (Wildman–Crippen LogP) is 2.52. The van der Waals surface area contributed by atoms with E-state index in [-0.39, 0.29) is 0 Å².